The molecule has 0 saturated heterocycles. The average molecular weight is 259 g/mol. The molecule has 2 N–H and O–H groups in total. The molecule has 1 fully saturated rings. The number of halogens is 2. The zero-order chi connectivity index (χ0) is 12.5. The summed E-state index contributed by atoms with van der Waals surface area (Å²) in [5.41, 5.74) is 5.58. The van der Waals surface area contributed by atoms with E-state index in [4.69, 9.17) is 5.73 Å². The van der Waals surface area contributed by atoms with Crippen molar-refractivity contribution in [3.8, 4) is 0 Å². The molecule has 94 valence electrons. The van der Waals surface area contributed by atoms with Gasteiger partial charge in [-0.2, -0.15) is 0 Å². The molecule has 2 rings (SSSR count). The van der Waals surface area contributed by atoms with Crippen LogP contribution >= 0.6 is 0 Å². The summed E-state index contributed by atoms with van der Waals surface area (Å²) in [7, 11) is -1.27. The highest BCUT2D eigenvalue weighted by atomic mass is 32.2. The van der Waals surface area contributed by atoms with Crippen molar-refractivity contribution < 1.29 is 13.0 Å². The maximum absolute atomic E-state index is 13.0. The van der Waals surface area contributed by atoms with Gasteiger partial charge in [-0.15, -0.1) is 0 Å². The van der Waals surface area contributed by atoms with Crippen LogP contribution < -0.4 is 5.73 Å². The molecule has 2 nitrogen and oxygen atoms in total. The smallest absolute Gasteiger partial charge is 0.160 e. The largest absolute Gasteiger partial charge is 0.330 e. The lowest BCUT2D eigenvalue weighted by molar-refractivity contribution is 0.504. The molecule has 1 saturated carbocycles. The molecule has 17 heavy (non-hydrogen) atoms. The maximum atomic E-state index is 13.0. The van der Waals surface area contributed by atoms with Gasteiger partial charge in [0.15, 0.2) is 11.6 Å². The molecule has 5 heteroatoms. The lowest BCUT2D eigenvalue weighted by Gasteiger charge is -2.13. The van der Waals surface area contributed by atoms with Crippen molar-refractivity contribution in [2.24, 2.45) is 11.1 Å². The van der Waals surface area contributed by atoms with Crippen molar-refractivity contribution in [3.05, 3.63) is 29.8 Å². The molecule has 1 aliphatic carbocycles. The van der Waals surface area contributed by atoms with Gasteiger partial charge in [-0.25, -0.2) is 8.78 Å². The second-order valence-corrected chi connectivity index (χ2v) is 6.06. The van der Waals surface area contributed by atoms with Crippen LogP contribution in [-0.4, -0.2) is 16.5 Å². The van der Waals surface area contributed by atoms with Crippen molar-refractivity contribution >= 4 is 10.8 Å². The summed E-state index contributed by atoms with van der Waals surface area (Å²) in [6.07, 6.45) is 2.90. The monoisotopic (exact) mass is 259 g/mol. The maximum Gasteiger partial charge on any atom is 0.160 e. The molecule has 0 aromatic heterocycles. The van der Waals surface area contributed by atoms with E-state index in [0.29, 0.717) is 17.2 Å². The van der Waals surface area contributed by atoms with E-state index in [1.54, 1.807) is 0 Å². The van der Waals surface area contributed by atoms with Crippen LogP contribution in [0.2, 0.25) is 0 Å². The lowest BCUT2D eigenvalue weighted by Crippen LogP contribution is -2.17. The van der Waals surface area contributed by atoms with Crippen LogP contribution in [0.25, 0.3) is 0 Å². The summed E-state index contributed by atoms with van der Waals surface area (Å²) >= 11 is 0. The minimum absolute atomic E-state index is 0.0739. The highest BCUT2D eigenvalue weighted by Crippen LogP contribution is 2.49. The third kappa shape index (κ3) is 2.90. The van der Waals surface area contributed by atoms with Gasteiger partial charge in [-0.1, -0.05) is 0 Å². The number of benzene rings is 1. The fourth-order valence-corrected chi connectivity index (χ4v) is 3.54. The van der Waals surface area contributed by atoms with Crippen molar-refractivity contribution in [2.75, 3.05) is 12.3 Å². The molecule has 0 spiro atoms. The van der Waals surface area contributed by atoms with Crippen molar-refractivity contribution in [3.63, 3.8) is 0 Å². The van der Waals surface area contributed by atoms with Crippen LogP contribution in [0.1, 0.15) is 19.3 Å². The van der Waals surface area contributed by atoms with Gasteiger partial charge in [0, 0.05) is 10.6 Å². The second kappa shape index (κ2) is 4.82. The number of hydrogen-bond donors (Lipinski definition) is 1. The summed E-state index contributed by atoms with van der Waals surface area (Å²) in [4.78, 5) is 0.354. The van der Waals surface area contributed by atoms with Crippen molar-refractivity contribution in [2.45, 2.75) is 24.2 Å². The predicted molar refractivity (Wildman–Crippen MR) is 63.0 cm³/mol. The topological polar surface area (TPSA) is 43.1 Å². The van der Waals surface area contributed by atoms with Gasteiger partial charge in [0.1, 0.15) is 0 Å². The highest BCUT2D eigenvalue weighted by Gasteiger charge is 2.43. The average Bonchev–Trinajstić information content (AvgIpc) is 3.02. The second-order valence-electron chi connectivity index (χ2n) is 4.60. The van der Waals surface area contributed by atoms with Gasteiger partial charge in [-0.3, -0.25) is 4.21 Å². The van der Waals surface area contributed by atoms with Gasteiger partial charge in [0.2, 0.25) is 0 Å². The SMILES string of the molecule is NCCC1(CS(=O)c2ccc(F)c(F)c2)CC1. The molecule has 1 aromatic carbocycles. The van der Waals surface area contributed by atoms with Crippen molar-refractivity contribution in [1.82, 2.24) is 0 Å². The molecule has 0 aliphatic heterocycles. The quantitative estimate of drug-likeness (QED) is 0.881. The normalized spacial score (nSPS) is 19.0. The Morgan fingerprint density at radius 1 is 1.29 bits per heavy atom. The minimum atomic E-state index is -1.27. The molecule has 0 amide bonds. The Labute approximate surface area is 102 Å². The molecule has 0 bridgehead atoms. The highest BCUT2D eigenvalue weighted by molar-refractivity contribution is 7.85. The molecule has 1 atom stereocenters. The van der Waals surface area contributed by atoms with Gasteiger partial charge < -0.3 is 5.73 Å². The van der Waals surface area contributed by atoms with Gasteiger partial charge in [0.25, 0.3) is 0 Å². The first-order valence-electron chi connectivity index (χ1n) is 5.60. The van der Waals surface area contributed by atoms with E-state index in [9.17, 15) is 13.0 Å². The summed E-state index contributed by atoms with van der Waals surface area (Å²) in [5.74, 6) is -1.36. The Hall–Kier alpha value is -0.810. The van der Waals surface area contributed by atoms with E-state index in [0.717, 1.165) is 31.4 Å². The molecule has 1 unspecified atom stereocenters. The third-order valence-corrected chi connectivity index (χ3v) is 4.88. The predicted octanol–water partition coefficient (Wildman–Crippen LogP) is 2.20. The van der Waals surface area contributed by atoms with Crippen molar-refractivity contribution in [1.29, 1.82) is 0 Å². The standard InChI is InChI=1S/C12H15F2NOS/c13-10-2-1-9(7-11(10)14)17(16)8-12(3-4-12)5-6-15/h1-2,7H,3-6,8,15H2. The molecule has 0 radical (unpaired) electrons. The van der Waals surface area contributed by atoms with E-state index in [1.807, 2.05) is 0 Å². The molecule has 0 heterocycles. The number of rotatable bonds is 5. The van der Waals surface area contributed by atoms with Crippen LogP contribution in [0.3, 0.4) is 0 Å². The Morgan fingerprint density at radius 2 is 2.00 bits per heavy atom. The zero-order valence-electron chi connectivity index (χ0n) is 9.42. The van der Waals surface area contributed by atoms with E-state index in [1.165, 1.54) is 6.07 Å². The molecular formula is C12H15F2NOS. The van der Waals surface area contributed by atoms with E-state index in [2.05, 4.69) is 0 Å². The first-order valence-corrected chi connectivity index (χ1v) is 6.92. The minimum Gasteiger partial charge on any atom is -0.330 e. The summed E-state index contributed by atoms with van der Waals surface area (Å²) < 4.78 is 37.8. The molecule has 1 aliphatic rings. The van der Waals surface area contributed by atoms with Gasteiger partial charge >= 0.3 is 0 Å². The Kier molecular flexibility index (Phi) is 3.58. The van der Waals surface area contributed by atoms with Crippen LogP contribution in [0.5, 0.6) is 0 Å². The van der Waals surface area contributed by atoms with E-state index >= 15 is 0 Å². The van der Waals surface area contributed by atoms with Gasteiger partial charge in [0.05, 0.1) is 10.8 Å². The van der Waals surface area contributed by atoms with Crippen LogP contribution in [0.4, 0.5) is 8.78 Å². The first kappa shape index (κ1) is 12.6. The first-order chi connectivity index (χ1) is 8.06. The van der Waals surface area contributed by atoms with Crippen LogP contribution in [0, 0.1) is 17.0 Å². The number of hydrogen-bond acceptors (Lipinski definition) is 2. The third-order valence-electron chi connectivity index (χ3n) is 3.22. The fourth-order valence-electron chi connectivity index (χ4n) is 1.93. The lowest BCUT2D eigenvalue weighted by atomic mass is 10.1. The Balaban J connectivity index is 2.07. The van der Waals surface area contributed by atoms with Gasteiger partial charge in [-0.05, 0) is 49.4 Å². The molecular weight excluding hydrogens is 244 g/mol. The molecule has 1 aromatic rings. The fraction of sp³-hybridized carbons (Fsp3) is 0.500. The Morgan fingerprint density at radius 3 is 2.53 bits per heavy atom. The zero-order valence-corrected chi connectivity index (χ0v) is 10.2. The van der Waals surface area contributed by atoms with E-state index in [-0.39, 0.29) is 5.41 Å². The van der Waals surface area contributed by atoms with E-state index < -0.39 is 22.4 Å². The summed E-state index contributed by atoms with van der Waals surface area (Å²) in [5, 5.41) is 0. The summed E-state index contributed by atoms with van der Waals surface area (Å²) in [6, 6.07) is 3.42. The van der Waals surface area contributed by atoms with Crippen LogP contribution in [0.15, 0.2) is 23.1 Å². The number of nitrogens with two attached hydrogens (primary N) is 1. The Bertz CT molecular complexity index is 446. The van der Waals surface area contributed by atoms with Crippen LogP contribution in [-0.2, 0) is 10.8 Å². The summed E-state index contributed by atoms with van der Waals surface area (Å²) in [6.45, 7) is 0.578.